The summed E-state index contributed by atoms with van der Waals surface area (Å²) in [4.78, 5) is 11.6. The van der Waals surface area contributed by atoms with E-state index < -0.39 is 0 Å². The molecule has 0 spiro atoms. The van der Waals surface area contributed by atoms with Gasteiger partial charge in [0.15, 0.2) is 5.96 Å². The number of rotatable bonds is 8. The Morgan fingerprint density at radius 2 is 2.04 bits per heavy atom. The third kappa shape index (κ3) is 6.02. The summed E-state index contributed by atoms with van der Waals surface area (Å²) in [5, 5.41) is 6.72. The largest absolute Gasteiger partial charge is 0.497 e. The SMILES string of the molecule is CCNC(=NCCc1csc(C(C)C)n1)N(C)Cc1ccc(OC)cc1. The fourth-order valence-corrected chi connectivity index (χ4v) is 3.40. The predicted octanol–water partition coefficient (Wildman–Crippen LogP) is 3.92. The van der Waals surface area contributed by atoms with Crippen LogP contribution in [0.25, 0.3) is 0 Å². The Bertz CT molecular complexity index is 694. The van der Waals surface area contributed by atoms with Crippen LogP contribution in [0.4, 0.5) is 0 Å². The van der Waals surface area contributed by atoms with E-state index in [1.807, 2.05) is 12.1 Å². The molecule has 1 aromatic carbocycles. The number of methoxy groups -OCH3 is 1. The van der Waals surface area contributed by atoms with Crippen LogP contribution in [0.3, 0.4) is 0 Å². The van der Waals surface area contributed by atoms with Crippen molar-refractivity contribution in [1.82, 2.24) is 15.2 Å². The zero-order chi connectivity index (χ0) is 18.9. The molecule has 2 rings (SSSR count). The second-order valence-electron chi connectivity index (χ2n) is 6.52. The average Bonchev–Trinajstić information content (AvgIpc) is 3.11. The van der Waals surface area contributed by atoms with Gasteiger partial charge in [0.1, 0.15) is 5.75 Å². The molecule has 0 saturated heterocycles. The summed E-state index contributed by atoms with van der Waals surface area (Å²) in [6.07, 6.45) is 0.870. The Kier molecular flexibility index (Phi) is 7.91. The van der Waals surface area contributed by atoms with Crippen LogP contribution in [0.2, 0.25) is 0 Å². The highest BCUT2D eigenvalue weighted by atomic mass is 32.1. The van der Waals surface area contributed by atoms with E-state index in [9.17, 15) is 0 Å². The van der Waals surface area contributed by atoms with Crippen LogP contribution in [0, 0.1) is 0 Å². The van der Waals surface area contributed by atoms with Gasteiger partial charge in [-0.2, -0.15) is 0 Å². The maximum atomic E-state index is 5.22. The number of guanidine groups is 1. The fraction of sp³-hybridized carbons (Fsp3) is 0.500. The lowest BCUT2D eigenvalue weighted by Crippen LogP contribution is -2.38. The van der Waals surface area contributed by atoms with Crippen molar-refractivity contribution in [3.63, 3.8) is 0 Å². The van der Waals surface area contributed by atoms with Gasteiger partial charge in [-0.1, -0.05) is 26.0 Å². The highest BCUT2D eigenvalue weighted by Crippen LogP contribution is 2.19. The fourth-order valence-electron chi connectivity index (χ4n) is 2.53. The second-order valence-corrected chi connectivity index (χ2v) is 7.41. The number of aromatic nitrogens is 1. The summed E-state index contributed by atoms with van der Waals surface area (Å²) in [5.74, 6) is 2.29. The topological polar surface area (TPSA) is 49.8 Å². The van der Waals surface area contributed by atoms with Crippen LogP contribution in [-0.2, 0) is 13.0 Å². The molecule has 0 aliphatic heterocycles. The van der Waals surface area contributed by atoms with Crippen LogP contribution in [0.5, 0.6) is 5.75 Å². The van der Waals surface area contributed by atoms with Crippen molar-refractivity contribution < 1.29 is 4.74 Å². The third-order valence-corrected chi connectivity index (χ3v) is 5.16. The van der Waals surface area contributed by atoms with E-state index in [1.165, 1.54) is 10.6 Å². The van der Waals surface area contributed by atoms with Crippen LogP contribution >= 0.6 is 11.3 Å². The van der Waals surface area contributed by atoms with Crippen molar-refractivity contribution in [2.45, 2.75) is 39.7 Å². The minimum absolute atomic E-state index is 0.491. The molecule has 0 fully saturated rings. The van der Waals surface area contributed by atoms with E-state index in [4.69, 9.17) is 9.73 Å². The molecule has 0 aliphatic carbocycles. The molecule has 5 nitrogen and oxygen atoms in total. The lowest BCUT2D eigenvalue weighted by atomic mass is 10.2. The predicted molar refractivity (Wildman–Crippen MR) is 110 cm³/mol. The van der Waals surface area contributed by atoms with Gasteiger partial charge in [0.05, 0.1) is 17.8 Å². The molecule has 0 saturated carbocycles. The summed E-state index contributed by atoms with van der Waals surface area (Å²) in [7, 11) is 3.74. The smallest absolute Gasteiger partial charge is 0.193 e. The first kappa shape index (κ1) is 20.2. The first-order chi connectivity index (χ1) is 12.5. The molecule has 0 atom stereocenters. The first-order valence-corrected chi connectivity index (χ1v) is 9.98. The number of nitrogens with one attached hydrogen (secondary N) is 1. The summed E-state index contributed by atoms with van der Waals surface area (Å²) >= 11 is 1.74. The Morgan fingerprint density at radius 1 is 1.31 bits per heavy atom. The maximum absolute atomic E-state index is 5.22. The van der Waals surface area contributed by atoms with Gasteiger partial charge in [-0.3, -0.25) is 4.99 Å². The molecule has 1 N–H and O–H groups in total. The molecule has 26 heavy (non-hydrogen) atoms. The van der Waals surface area contributed by atoms with E-state index in [1.54, 1.807) is 18.4 Å². The van der Waals surface area contributed by atoms with Gasteiger partial charge in [-0.05, 0) is 24.6 Å². The van der Waals surface area contributed by atoms with Crippen LogP contribution in [0.15, 0.2) is 34.6 Å². The molecular formula is C20H30N4OS. The average molecular weight is 375 g/mol. The van der Waals surface area contributed by atoms with E-state index in [-0.39, 0.29) is 0 Å². The Balaban J connectivity index is 1.95. The van der Waals surface area contributed by atoms with Crippen LogP contribution in [0.1, 0.15) is 43.0 Å². The van der Waals surface area contributed by atoms with Crippen molar-refractivity contribution in [2.24, 2.45) is 4.99 Å². The van der Waals surface area contributed by atoms with E-state index in [0.29, 0.717) is 5.92 Å². The van der Waals surface area contributed by atoms with Gasteiger partial charge in [0.2, 0.25) is 0 Å². The van der Waals surface area contributed by atoms with Crippen molar-refractivity contribution in [3.05, 3.63) is 45.9 Å². The number of hydrogen-bond donors (Lipinski definition) is 1. The van der Waals surface area contributed by atoms with Crippen molar-refractivity contribution in [2.75, 3.05) is 27.2 Å². The normalized spacial score (nSPS) is 11.7. The number of benzene rings is 1. The van der Waals surface area contributed by atoms with Gasteiger partial charge >= 0.3 is 0 Å². The van der Waals surface area contributed by atoms with Crippen molar-refractivity contribution >= 4 is 17.3 Å². The van der Waals surface area contributed by atoms with Crippen LogP contribution < -0.4 is 10.1 Å². The van der Waals surface area contributed by atoms with Crippen molar-refractivity contribution in [3.8, 4) is 5.75 Å². The molecule has 1 aromatic heterocycles. The highest BCUT2D eigenvalue weighted by molar-refractivity contribution is 7.09. The quantitative estimate of drug-likeness (QED) is 0.562. The number of hydrogen-bond acceptors (Lipinski definition) is 4. The minimum atomic E-state index is 0.491. The number of nitrogens with zero attached hydrogens (tertiary/aromatic N) is 3. The minimum Gasteiger partial charge on any atom is -0.497 e. The molecule has 0 amide bonds. The Hall–Kier alpha value is -2.08. The number of thiazole rings is 1. The standard InChI is InChI=1S/C20H30N4OS/c1-6-21-20(22-12-11-17-14-26-19(23-17)15(2)3)24(4)13-16-7-9-18(25-5)10-8-16/h7-10,14-15H,6,11-13H2,1-5H3,(H,21,22). The van der Waals surface area contributed by atoms with Gasteiger partial charge in [-0.15, -0.1) is 11.3 Å². The van der Waals surface area contributed by atoms with E-state index in [0.717, 1.165) is 43.5 Å². The van der Waals surface area contributed by atoms with Gasteiger partial charge in [0.25, 0.3) is 0 Å². The van der Waals surface area contributed by atoms with Gasteiger partial charge in [0, 0.05) is 44.4 Å². The zero-order valence-electron chi connectivity index (χ0n) is 16.5. The first-order valence-electron chi connectivity index (χ1n) is 9.10. The molecule has 2 aromatic rings. The molecule has 0 aliphatic rings. The third-order valence-electron chi connectivity index (χ3n) is 3.97. The zero-order valence-corrected chi connectivity index (χ0v) is 17.3. The van der Waals surface area contributed by atoms with Gasteiger partial charge < -0.3 is 15.0 Å². The lowest BCUT2D eigenvalue weighted by Gasteiger charge is -2.22. The highest BCUT2D eigenvalue weighted by Gasteiger charge is 2.08. The molecule has 0 unspecified atom stereocenters. The Morgan fingerprint density at radius 3 is 2.62 bits per heavy atom. The van der Waals surface area contributed by atoms with Gasteiger partial charge in [-0.25, -0.2) is 4.98 Å². The van der Waals surface area contributed by atoms with E-state index >= 15 is 0 Å². The molecular weight excluding hydrogens is 344 g/mol. The lowest BCUT2D eigenvalue weighted by molar-refractivity contribution is 0.414. The molecule has 1 heterocycles. The molecule has 142 valence electrons. The summed E-state index contributed by atoms with van der Waals surface area (Å²) in [6.45, 7) is 8.82. The van der Waals surface area contributed by atoms with E-state index in [2.05, 4.69) is 60.5 Å². The van der Waals surface area contributed by atoms with Crippen molar-refractivity contribution in [1.29, 1.82) is 0 Å². The molecule has 6 heteroatoms. The summed E-state index contributed by atoms with van der Waals surface area (Å²) in [5.41, 5.74) is 2.36. The summed E-state index contributed by atoms with van der Waals surface area (Å²) < 4.78 is 5.22. The Labute approximate surface area is 161 Å². The maximum Gasteiger partial charge on any atom is 0.193 e. The second kappa shape index (κ2) is 10.2. The monoisotopic (exact) mass is 374 g/mol. The number of ether oxygens (including phenoxy) is 1. The van der Waals surface area contributed by atoms with Crippen LogP contribution in [-0.4, -0.2) is 43.1 Å². The number of aliphatic imine (C=N–C) groups is 1. The molecule has 0 bridgehead atoms. The molecule has 0 radical (unpaired) electrons. The summed E-state index contributed by atoms with van der Waals surface area (Å²) in [6, 6.07) is 8.15.